The van der Waals surface area contributed by atoms with Gasteiger partial charge in [0.2, 0.25) is 0 Å². The SMILES string of the molecule is COC(=O)C1CCC([C@H](C)N[C@@]2(C(=O)OC(C)(C)C)C[C@H]2c2ccccc2)CC1. The number of hydrogen-bond donors (Lipinski definition) is 1. The first-order chi connectivity index (χ1) is 13.7. The lowest BCUT2D eigenvalue weighted by atomic mass is 9.78. The smallest absolute Gasteiger partial charge is 0.327 e. The minimum absolute atomic E-state index is 0.0151. The maximum Gasteiger partial charge on any atom is 0.327 e. The van der Waals surface area contributed by atoms with Gasteiger partial charge in [-0.15, -0.1) is 0 Å². The van der Waals surface area contributed by atoms with E-state index >= 15 is 0 Å². The lowest BCUT2D eigenvalue weighted by Crippen LogP contribution is -2.51. The Kier molecular flexibility index (Phi) is 6.37. The molecular formula is C24H35NO4. The van der Waals surface area contributed by atoms with E-state index in [-0.39, 0.29) is 29.8 Å². The molecule has 0 bridgehead atoms. The predicted octanol–water partition coefficient (Wildman–Crippen LogP) is 4.21. The number of hydrogen-bond acceptors (Lipinski definition) is 5. The van der Waals surface area contributed by atoms with Gasteiger partial charge in [0.15, 0.2) is 0 Å². The zero-order valence-corrected chi connectivity index (χ0v) is 18.4. The molecule has 0 saturated heterocycles. The van der Waals surface area contributed by atoms with E-state index in [1.54, 1.807) is 0 Å². The van der Waals surface area contributed by atoms with Crippen molar-refractivity contribution in [1.29, 1.82) is 0 Å². The van der Waals surface area contributed by atoms with Crippen molar-refractivity contribution in [1.82, 2.24) is 5.32 Å². The first-order valence-corrected chi connectivity index (χ1v) is 10.8. The lowest BCUT2D eigenvalue weighted by molar-refractivity contribution is -0.159. The highest BCUT2D eigenvalue weighted by molar-refractivity contribution is 5.87. The number of benzene rings is 1. The Morgan fingerprint density at radius 2 is 1.72 bits per heavy atom. The second kappa shape index (κ2) is 8.47. The van der Waals surface area contributed by atoms with E-state index < -0.39 is 11.1 Å². The Labute approximate surface area is 174 Å². The summed E-state index contributed by atoms with van der Waals surface area (Å²) in [7, 11) is 1.46. The normalized spacial score (nSPS) is 30.3. The Morgan fingerprint density at radius 3 is 2.28 bits per heavy atom. The van der Waals surface area contributed by atoms with Gasteiger partial charge in [-0.2, -0.15) is 0 Å². The molecule has 3 rings (SSSR count). The first-order valence-electron chi connectivity index (χ1n) is 10.8. The highest BCUT2D eigenvalue weighted by Crippen LogP contribution is 2.53. The molecule has 2 saturated carbocycles. The summed E-state index contributed by atoms with van der Waals surface area (Å²) < 4.78 is 10.7. The molecule has 29 heavy (non-hydrogen) atoms. The summed E-state index contributed by atoms with van der Waals surface area (Å²) in [5, 5.41) is 3.68. The molecule has 5 nitrogen and oxygen atoms in total. The van der Waals surface area contributed by atoms with E-state index in [1.807, 2.05) is 39.0 Å². The maximum atomic E-state index is 13.2. The molecule has 2 aliphatic carbocycles. The summed E-state index contributed by atoms with van der Waals surface area (Å²) >= 11 is 0. The van der Waals surface area contributed by atoms with Crippen molar-refractivity contribution in [2.45, 2.75) is 82.9 Å². The zero-order valence-electron chi connectivity index (χ0n) is 18.4. The minimum atomic E-state index is -0.659. The van der Waals surface area contributed by atoms with Gasteiger partial charge in [0, 0.05) is 12.0 Å². The molecule has 1 N–H and O–H groups in total. The molecule has 160 valence electrons. The number of carbonyl (C=O) groups is 2. The molecule has 0 spiro atoms. The topological polar surface area (TPSA) is 64.6 Å². The molecule has 0 radical (unpaired) electrons. The highest BCUT2D eigenvalue weighted by Gasteiger charge is 2.63. The van der Waals surface area contributed by atoms with Crippen molar-refractivity contribution in [2.75, 3.05) is 7.11 Å². The van der Waals surface area contributed by atoms with Crippen LogP contribution in [-0.2, 0) is 19.1 Å². The van der Waals surface area contributed by atoms with Crippen LogP contribution in [0.3, 0.4) is 0 Å². The maximum absolute atomic E-state index is 13.2. The van der Waals surface area contributed by atoms with Crippen LogP contribution in [0.4, 0.5) is 0 Å². The van der Waals surface area contributed by atoms with E-state index in [9.17, 15) is 9.59 Å². The average Bonchev–Trinajstić information content (AvgIpc) is 3.42. The molecule has 0 unspecified atom stereocenters. The number of rotatable bonds is 6. The molecule has 2 fully saturated rings. The van der Waals surface area contributed by atoms with Crippen molar-refractivity contribution >= 4 is 11.9 Å². The van der Waals surface area contributed by atoms with E-state index in [4.69, 9.17) is 9.47 Å². The van der Waals surface area contributed by atoms with Crippen LogP contribution in [0.2, 0.25) is 0 Å². The number of carbonyl (C=O) groups excluding carboxylic acids is 2. The summed E-state index contributed by atoms with van der Waals surface area (Å²) in [6, 6.07) is 10.4. The third-order valence-corrected chi connectivity index (χ3v) is 6.42. The summed E-state index contributed by atoms with van der Waals surface area (Å²) in [6.45, 7) is 7.90. The summed E-state index contributed by atoms with van der Waals surface area (Å²) in [6.07, 6.45) is 4.40. The van der Waals surface area contributed by atoms with Crippen LogP contribution in [0.15, 0.2) is 30.3 Å². The summed E-state index contributed by atoms with van der Waals surface area (Å²) in [5.41, 5.74) is -0.00237. The lowest BCUT2D eigenvalue weighted by Gasteiger charge is -2.34. The largest absolute Gasteiger partial charge is 0.469 e. The second-order valence-electron chi connectivity index (χ2n) is 9.71. The van der Waals surface area contributed by atoms with E-state index in [2.05, 4.69) is 24.4 Å². The van der Waals surface area contributed by atoms with Crippen molar-refractivity contribution in [2.24, 2.45) is 11.8 Å². The zero-order chi connectivity index (χ0) is 21.2. The molecule has 0 heterocycles. The molecule has 3 atom stereocenters. The van der Waals surface area contributed by atoms with Gasteiger partial charge in [0.05, 0.1) is 13.0 Å². The van der Waals surface area contributed by atoms with Gasteiger partial charge in [0.1, 0.15) is 11.1 Å². The van der Waals surface area contributed by atoms with Gasteiger partial charge >= 0.3 is 11.9 Å². The number of ether oxygens (including phenoxy) is 2. The third-order valence-electron chi connectivity index (χ3n) is 6.42. The second-order valence-corrected chi connectivity index (χ2v) is 9.71. The fourth-order valence-electron chi connectivity index (χ4n) is 4.71. The van der Waals surface area contributed by atoms with Crippen LogP contribution in [0.25, 0.3) is 0 Å². The Bertz CT molecular complexity index is 718. The van der Waals surface area contributed by atoms with Crippen molar-refractivity contribution < 1.29 is 19.1 Å². The van der Waals surface area contributed by atoms with E-state index in [1.165, 1.54) is 12.7 Å². The third kappa shape index (κ3) is 5.00. The Balaban J connectivity index is 1.70. The number of esters is 2. The van der Waals surface area contributed by atoms with Gasteiger partial charge in [-0.25, -0.2) is 0 Å². The van der Waals surface area contributed by atoms with Gasteiger partial charge in [-0.3, -0.25) is 14.9 Å². The summed E-state index contributed by atoms with van der Waals surface area (Å²) in [5.74, 6) is 0.329. The molecule has 2 aliphatic rings. The average molecular weight is 402 g/mol. The Morgan fingerprint density at radius 1 is 1.10 bits per heavy atom. The van der Waals surface area contributed by atoms with Crippen molar-refractivity contribution in [3.05, 3.63) is 35.9 Å². The number of methoxy groups -OCH3 is 1. The minimum Gasteiger partial charge on any atom is -0.469 e. The van der Waals surface area contributed by atoms with Gasteiger partial charge in [0.25, 0.3) is 0 Å². The van der Waals surface area contributed by atoms with Crippen LogP contribution in [0.5, 0.6) is 0 Å². The molecule has 0 aromatic heterocycles. The van der Waals surface area contributed by atoms with Crippen molar-refractivity contribution in [3.8, 4) is 0 Å². The summed E-state index contributed by atoms with van der Waals surface area (Å²) in [4.78, 5) is 25.0. The van der Waals surface area contributed by atoms with Gasteiger partial charge < -0.3 is 9.47 Å². The van der Waals surface area contributed by atoms with Crippen LogP contribution in [-0.4, -0.2) is 36.2 Å². The van der Waals surface area contributed by atoms with Crippen LogP contribution >= 0.6 is 0 Å². The molecule has 0 aliphatic heterocycles. The quantitative estimate of drug-likeness (QED) is 0.724. The van der Waals surface area contributed by atoms with Crippen molar-refractivity contribution in [3.63, 3.8) is 0 Å². The fraction of sp³-hybridized carbons (Fsp3) is 0.667. The molecule has 1 aromatic rings. The van der Waals surface area contributed by atoms with Crippen LogP contribution in [0.1, 0.15) is 71.3 Å². The van der Waals surface area contributed by atoms with Gasteiger partial charge in [-0.1, -0.05) is 30.3 Å². The van der Waals surface area contributed by atoms with Crippen LogP contribution in [0, 0.1) is 11.8 Å². The van der Waals surface area contributed by atoms with Gasteiger partial charge in [-0.05, 0) is 71.3 Å². The monoisotopic (exact) mass is 401 g/mol. The predicted molar refractivity (Wildman–Crippen MR) is 112 cm³/mol. The highest BCUT2D eigenvalue weighted by atomic mass is 16.6. The molecule has 5 heteroatoms. The van der Waals surface area contributed by atoms with Crippen LogP contribution < -0.4 is 5.32 Å². The van der Waals surface area contributed by atoms with E-state index in [0.717, 1.165) is 32.1 Å². The molecule has 0 amide bonds. The fourth-order valence-corrected chi connectivity index (χ4v) is 4.71. The van der Waals surface area contributed by atoms with E-state index in [0.29, 0.717) is 5.92 Å². The first kappa shape index (κ1) is 21.8. The number of nitrogens with one attached hydrogen (secondary N) is 1. The standard InChI is InChI=1S/C24H35NO4/c1-16(17-11-13-19(14-12-17)21(26)28-5)25-24(22(27)29-23(2,3)4)15-20(24)18-9-7-6-8-10-18/h6-10,16-17,19-20,25H,11-15H2,1-5H3/t16-,17?,19?,20-,24-/m0/s1. The molecule has 1 aromatic carbocycles. The molecular weight excluding hydrogens is 366 g/mol. The Hall–Kier alpha value is -1.88.